The predicted molar refractivity (Wildman–Crippen MR) is 162 cm³/mol. The van der Waals surface area contributed by atoms with E-state index in [1.165, 1.54) is 4.57 Å². The molecule has 216 valence electrons. The van der Waals surface area contributed by atoms with Crippen molar-refractivity contribution in [3.05, 3.63) is 109 Å². The normalized spacial score (nSPS) is 15.6. The molecule has 0 spiro atoms. The summed E-state index contributed by atoms with van der Waals surface area (Å²) < 4.78 is 14.4. The van der Waals surface area contributed by atoms with Gasteiger partial charge in [-0.15, -0.1) is 0 Å². The lowest BCUT2D eigenvalue weighted by Gasteiger charge is -2.28. The number of halogens is 2. The Hall–Kier alpha value is -4.02. The lowest BCUT2D eigenvalue weighted by Crippen LogP contribution is -2.41. The van der Waals surface area contributed by atoms with Crippen LogP contribution < -0.4 is 20.5 Å². The second-order valence-electron chi connectivity index (χ2n) is 10.2. The van der Waals surface area contributed by atoms with Gasteiger partial charge in [0.1, 0.15) is 17.2 Å². The third-order valence-corrected chi connectivity index (χ3v) is 9.14. The molecule has 9 nitrogen and oxygen atoms in total. The average Bonchev–Trinajstić information content (AvgIpc) is 3.55. The first kappa shape index (κ1) is 28.1. The summed E-state index contributed by atoms with van der Waals surface area (Å²) in [4.78, 5) is 43.0. The van der Waals surface area contributed by atoms with Crippen LogP contribution in [0.25, 0.3) is 5.69 Å². The number of ether oxygens (including phenoxy) is 2. The molecule has 0 radical (unpaired) electrons. The number of aromatic nitrogens is 2. The zero-order valence-electron chi connectivity index (χ0n) is 23.0. The Morgan fingerprint density at radius 1 is 0.976 bits per heavy atom. The van der Waals surface area contributed by atoms with Gasteiger partial charge in [-0.05, 0) is 94.5 Å². The van der Waals surface area contributed by atoms with Crippen molar-refractivity contribution in [2.45, 2.75) is 32.0 Å². The van der Waals surface area contributed by atoms with Crippen molar-refractivity contribution in [3.8, 4) is 17.2 Å². The topological polar surface area (TPSA) is 94.8 Å². The number of hydrogen-bond donors (Lipinski definition) is 1. The summed E-state index contributed by atoms with van der Waals surface area (Å²) in [7, 11) is 3.19. The number of nitrogens with one attached hydrogen (secondary N) is 1. The number of methoxy groups -OCH3 is 2. The van der Waals surface area contributed by atoms with Gasteiger partial charge < -0.3 is 19.7 Å². The smallest absolute Gasteiger partial charge is 0.333 e. The number of benzene rings is 3. The Kier molecular flexibility index (Phi) is 7.59. The standard InChI is InChI=1S/C31H28BrClN4O5/c1-41-21-7-5-20(6-8-21)37-28(29(38)34-26-12-4-18-15-22(42-2)9-10-23(18)26)27-17-35(13-14-36(27)31(37)40)30(39)19-3-11-24(32)25(33)16-19/h3,5-11,15-16,26H,4,12-14,17H2,1-2H3,(H,34,38)/t26-/m1/s1. The first-order valence-corrected chi connectivity index (χ1v) is 14.7. The maximum atomic E-state index is 14.1. The average molecular weight is 652 g/mol. The highest BCUT2D eigenvalue weighted by molar-refractivity contribution is 9.10. The highest BCUT2D eigenvalue weighted by Gasteiger charge is 2.34. The molecular weight excluding hydrogens is 624 g/mol. The molecule has 0 saturated heterocycles. The van der Waals surface area contributed by atoms with Gasteiger partial charge in [0, 0.05) is 23.1 Å². The molecule has 0 saturated carbocycles. The summed E-state index contributed by atoms with van der Waals surface area (Å²) in [6.45, 7) is 0.650. The van der Waals surface area contributed by atoms with E-state index in [0.717, 1.165) is 29.7 Å². The van der Waals surface area contributed by atoms with Gasteiger partial charge in [-0.25, -0.2) is 4.79 Å². The fourth-order valence-electron chi connectivity index (χ4n) is 5.75. The van der Waals surface area contributed by atoms with E-state index in [2.05, 4.69) is 21.2 Å². The molecule has 0 bridgehead atoms. The molecule has 0 fully saturated rings. The van der Waals surface area contributed by atoms with E-state index in [9.17, 15) is 14.4 Å². The molecule has 11 heteroatoms. The molecule has 6 rings (SSSR count). The second-order valence-corrected chi connectivity index (χ2v) is 11.5. The summed E-state index contributed by atoms with van der Waals surface area (Å²) >= 11 is 9.62. The van der Waals surface area contributed by atoms with Crippen molar-refractivity contribution in [2.24, 2.45) is 0 Å². The maximum absolute atomic E-state index is 14.1. The first-order chi connectivity index (χ1) is 20.3. The highest BCUT2D eigenvalue weighted by atomic mass is 79.9. The molecule has 1 aromatic heterocycles. The number of hydrogen-bond acceptors (Lipinski definition) is 5. The van der Waals surface area contributed by atoms with E-state index in [4.69, 9.17) is 21.1 Å². The zero-order valence-corrected chi connectivity index (χ0v) is 25.4. The largest absolute Gasteiger partial charge is 0.497 e. The fourth-order valence-corrected chi connectivity index (χ4v) is 6.17. The van der Waals surface area contributed by atoms with Gasteiger partial charge in [0.2, 0.25) is 0 Å². The van der Waals surface area contributed by atoms with Gasteiger partial charge >= 0.3 is 5.69 Å². The molecule has 1 N–H and O–H groups in total. The number of carbonyl (C=O) groups is 2. The van der Waals surface area contributed by atoms with Gasteiger partial charge in [0.25, 0.3) is 11.8 Å². The minimum absolute atomic E-state index is 0.0894. The summed E-state index contributed by atoms with van der Waals surface area (Å²) in [5.74, 6) is 0.786. The van der Waals surface area contributed by atoms with Crippen molar-refractivity contribution in [3.63, 3.8) is 0 Å². The Morgan fingerprint density at radius 2 is 1.71 bits per heavy atom. The van der Waals surface area contributed by atoms with E-state index < -0.39 is 0 Å². The number of amides is 2. The Morgan fingerprint density at radius 3 is 2.43 bits per heavy atom. The van der Waals surface area contributed by atoms with Crippen LogP contribution in [0.5, 0.6) is 11.5 Å². The SMILES string of the molecule is COc1ccc(-n2c(C(=O)N[C@@H]3CCc4cc(OC)ccc43)c3n(c2=O)CCN(C(=O)c2ccc(Br)c(Cl)c2)C3)cc1. The van der Waals surface area contributed by atoms with E-state index in [0.29, 0.717) is 38.7 Å². The van der Waals surface area contributed by atoms with Crippen LogP contribution in [-0.2, 0) is 19.5 Å². The molecule has 2 aliphatic rings. The minimum atomic E-state index is -0.383. The van der Waals surface area contributed by atoms with Crippen molar-refractivity contribution < 1.29 is 19.1 Å². The molecule has 4 aromatic rings. The number of imidazole rings is 1. The van der Waals surface area contributed by atoms with Crippen LogP contribution in [0, 0.1) is 0 Å². The molecule has 3 aromatic carbocycles. The maximum Gasteiger partial charge on any atom is 0.333 e. The van der Waals surface area contributed by atoms with Gasteiger partial charge in [-0.3, -0.25) is 18.7 Å². The van der Waals surface area contributed by atoms with Gasteiger partial charge in [-0.2, -0.15) is 0 Å². The molecule has 2 heterocycles. The van der Waals surface area contributed by atoms with Crippen LogP contribution in [0.1, 0.15) is 50.1 Å². The van der Waals surface area contributed by atoms with Crippen LogP contribution in [0.15, 0.2) is 69.9 Å². The van der Waals surface area contributed by atoms with E-state index in [-0.39, 0.29) is 42.3 Å². The van der Waals surface area contributed by atoms with E-state index >= 15 is 0 Å². The van der Waals surface area contributed by atoms with Crippen LogP contribution in [-0.4, -0.2) is 46.6 Å². The van der Waals surface area contributed by atoms with E-state index in [1.807, 2.05) is 18.2 Å². The van der Waals surface area contributed by atoms with E-state index in [1.54, 1.807) is 66.2 Å². The van der Waals surface area contributed by atoms with Crippen molar-refractivity contribution >= 4 is 39.3 Å². The lowest BCUT2D eigenvalue weighted by molar-refractivity contribution is 0.0706. The Balaban J connectivity index is 1.39. The number of fused-ring (bicyclic) bond motifs is 2. The van der Waals surface area contributed by atoms with Crippen LogP contribution in [0.4, 0.5) is 0 Å². The van der Waals surface area contributed by atoms with Crippen LogP contribution >= 0.6 is 27.5 Å². The van der Waals surface area contributed by atoms with Gasteiger partial charge in [0.15, 0.2) is 0 Å². The van der Waals surface area contributed by atoms with Gasteiger partial charge in [0.05, 0.1) is 43.2 Å². The fraction of sp³-hybridized carbons (Fsp3) is 0.258. The zero-order chi connectivity index (χ0) is 29.5. The molecular formula is C31H28BrClN4O5. The quantitative estimate of drug-likeness (QED) is 0.312. The number of rotatable bonds is 6. The number of aryl methyl sites for hydroxylation is 1. The van der Waals surface area contributed by atoms with Crippen molar-refractivity contribution in [2.75, 3.05) is 20.8 Å². The molecule has 1 atom stereocenters. The molecule has 1 aliphatic heterocycles. The summed E-state index contributed by atoms with van der Waals surface area (Å²) in [6, 6.07) is 17.6. The lowest BCUT2D eigenvalue weighted by atomic mass is 10.1. The minimum Gasteiger partial charge on any atom is -0.497 e. The molecule has 2 amide bonds. The predicted octanol–water partition coefficient (Wildman–Crippen LogP) is 5.15. The van der Waals surface area contributed by atoms with Gasteiger partial charge in [-0.1, -0.05) is 17.7 Å². The van der Waals surface area contributed by atoms with Crippen molar-refractivity contribution in [1.82, 2.24) is 19.4 Å². The monoisotopic (exact) mass is 650 g/mol. The van der Waals surface area contributed by atoms with Crippen molar-refractivity contribution in [1.29, 1.82) is 0 Å². The molecule has 42 heavy (non-hydrogen) atoms. The van der Waals surface area contributed by atoms with Crippen LogP contribution in [0.3, 0.4) is 0 Å². The highest BCUT2D eigenvalue weighted by Crippen LogP contribution is 2.34. The third-order valence-electron chi connectivity index (χ3n) is 7.91. The summed E-state index contributed by atoms with van der Waals surface area (Å²) in [5, 5.41) is 3.60. The first-order valence-electron chi connectivity index (χ1n) is 13.5. The number of nitrogens with zero attached hydrogens (tertiary/aromatic N) is 3. The second kappa shape index (κ2) is 11.3. The molecule has 0 unspecified atom stereocenters. The molecule has 1 aliphatic carbocycles. The third kappa shape index (κ3) is 4.98. The number of carbonyl (C=O) groups excluding carboxylic acids is 2. The Labute approximate surface area is 255 Å². The Bertz CT molecular complexity index is 1760. The summed E-state index contributed by atoms with van der Waals surface area (Å²) in [5.41, 5.74) is 3.45. The van der Waals surface area contributed by atoms with Crippen LogP contribution in [0.2, 0.25) is 5.02 Å². The summed E-state index contributed by atoms with van der Waals surface area (Å²) in [6.07, 6.45) is 1.53.